The number of ether oxygens (including phenoxy) is 2. The van der Waals surface area contributed by atoms with Crippen molar-refractivity contribution in [3.05, 3.63) is 94.6 Å². The predicted molar refractivity (Wildman–Crippen MR) is 134 cm³/mol. The zero-order chi connectivity index (χ0) is 24.8. The SMILES string of the molecule is COc1cccc(CN(CCc2c[nH]c3ccccc23)C(=O)COc2c(Cl)cccc2C(=O)O)c1. The summed E-state index contributed by atoms with van der Waals surface area (Å²) in [6, 6.07) is 20.0. The highest BCUT2D eigenvalue weighted by Gasteiger charge is 2.20. The number of amides is 1. The molecule has 1 heterocycles. The maximum Gasteiger partial charge on any atom is 0.339 e. The average Bonchev–Trinajstić information content (AvgIpc) is 3.28. The molecule has 0 spiro atoms. The van der Waals surface area contributed by atoms with E-state index >= 15 is 0 Å². The van der Waals surface area contributed by atoms with E-state index < -0.39 is 5.97 Å². The number of hydrogen-bond acceptors (Lipinski definition) is 4. The van der Waals surface area contributed by atoms with Crippen LogP contribution in [-0.4, -0.2) is 47.1 Å². The van der Waals surface area contributed by atoms with Crippen LogP contribution in [0.2, 0.25) is 5.02 Å². The van der Waals surface area contributed by atoms with Gasteiger partial charge in [0, 0.05) is 30.2 Å². The third kappa shape index (κ3) is 5.75. The normalized spacial score (nSPS) is 10.8. The second-order valence-corrected chi connectivity index (χ2v) is 8.39. The van der Waals surface area contributed by atoms with Crippen LogP contribution in [0.15, 0.2) is 72.9 Å². The Labute approximate surface area is 207 Å². The van der Waals surface area contributed by atoms with Gasteiger partial charge in [-0.15, -0.1) is 0 Å². The van der Waals surface area contributed by atoms with Crippen LogP contribution in [0, 0.1) is 0 Å². The van der Waals surface area contributed by atoms with Gasteiger partial charge in [0.25, 0.3) is 5.91 Å². The maximum absolute atomic E-state index is 13.3. The van der Waals surface area contributed by atoms with Crippen LogP contribution < -0.4 is 9.47 Å². The number of aromatic nitrogens is 1. The van der Waals surface area contributed by atoms with E-state index in [1.54, 1.807) is 12.0 Å². The molecule has 35 heavy (non-hydrogen) atoms. The summed E-state index contributed by atoms with van der Waals surface area (Å²) in [6.07, 6.45) is 2.59. The predicted octanol–water partition coefficient (Wildman–Crippen LogP) is 5.18. The summed E-state index contributed by atoms with van der Waals surface area (Å²) >= 11 is 6.15. The molecule has 0 aliphatic rings. The molecule has 0 unspecified atom stereocenters. The first kappa shape index (κ1) is 24.2. The fourth-order valence-electron chi connectivity index (χ4n) is 3.93. The van der Waals surface area contributed by atoms with E-state index in [1.807, 2.05) is 54.7 Å². The van der Waals surface area contributed by atoms with Crippen LogP contribution in [0.25, 0.3) is 10.9 Å². The molecular weight excluding hydrogens is 468 g/mol. The second kappa shape index (κ2) is 11.0. The van der Waals surface area contributed by atoms with Crippen molar-refractivity contribution < 1.29 is 24.2 Å². The molecule has 1 amide bonds. The monoisotopic (exact) mass is 492 g/mol. The Bertz CT molecular complexity index is 1350. The van der Waals surface area contributed by atoms with Gasteiger partial charge in [-0.2, -0.15) is 0 Å². The number of benzene rings is 3. The number of halogens is 1. The number of H-pyrrole nitrogens is 1. The second-order valence-electron chi connectivity index (χ2n) is 7.99. The summed E-state index contributed by atoms with van der Waals surface area (Å²) in [7, 11) is 1.59. The van der Waals surface area contributed by atoms with Crippen LogP contribution in [0.3, 0.4) is 0 Å². The first-order chi connectivity index (χ1) is 17.0. The van der Waals surface area contributed by atoms with Gasteiger partial charge in [0.1, 0.15) is 11.3 Å². The van der Waals surface area contributed by atoms with Crippen LogP contribution in [0.4, 0.5) is 0 Å². The molecule has 0 bridgehead atoms. The summed E-state index contributed by atoms with van der Waals surface area (Å²) in [5.41, 5.74) is 2.95. The Hall–Kier alpha value is -3.97. The molecule has 3 aromatic carbocycles. The molecule has 0 aliphatic carbocycles. The Morgan fingerprint density at radius 2 is 1.86 bits per heavy atom. The lowest BCUT2D eigenvalue weighted by Crippen LogP contribution is -2.36. The van der Waals surface area contributed by atoms with Gasteiger partial charge in [-0.1, -0.05) is 48.0 Å². The van der Waals surface area contributed by atoms with E-state index in [-0.39, 0.29) is 28.8 Å². The zero-order valence-corrected chi connectivity index (χ0v) is 19.9. The minimum Gasteiger partial charge on any atom is -0.497 e. The highest BCUT2D eigenvalue weighted by atomic mass is 35.5. The van der Waals surface area contributed by atoms with Crippen LogP contribution in [-0.2, 0) is 17.8 Å². The van der Waals surface area contributed by atoms with Crippen molar-refractivity contribution in [3.63, 3.8) is 0 Å². The summed E-state index contributed by atoms with van der Waals surface area (Å²) < 4.78 is 10.9. The van der Waals surface area contributed by atoms with Crippen LogP contribution >= 0.6 is 11.6 Å². The number of hydrogen-bond donors (Lipinski definition) is 2. The van der Waals surface area contributed by atoms with E-state index in [4.69, 9.17) is 21.1 Å². The molecule has 2 N–H and O–H groups in total. The number of aromatic carboxylic acids is 1. The van der Waals surface area contributed by atoms with Gasteiger partial charge < -0.3 is 24.5 Å². The van der Waals surface area contributed by atoms with Crippen molar-refractivity contribution in [2.24, 2.45) is 0 Å². The number of carbonyl (C=O) groups is 2. The summed E-state index contributed by atoms with van der Waals surface area (Å²) in [6.45, 7) is 0.438. The van der Waals surface area contributed by atoms with Crippen molar-refractivity contribution in [2.75, 3.05) is 20.3 Å². The average molecular weight is 493 g/mol. The number of rotatable bonds is 10. The van der Waals surface area contributed by atoms with Crippen molar-refractivity contribution in [1.82, 2.24) is 9.88 Å². The molecule has 0 fully saturated rings. The minimum absolute atomic E-state index is 0.0204. The number of carbonyl (C=O) groups excluding carboxylic acids is 1. The van der Waals surface area contributed by atoms with Gasteiger partial charge in [-0.25, -0.2) is 4.79 Å². The van der Waals surface area contributed by atoms with Gasteiger partial charge in [0.05, 0.1) is 12.1 Å². The van der Waals surface area contributed by atoms with E-state index in [2.05, 4.69) is 4.98 Å². The third-order valence-corrected chi connectivity index (χ3v) is 6.02. The number of methoxy groups -OCH3 is 1. The number of nitrogens with zero attached hydrogens (tertiary/aromatic N) is 1. The lowest BCUT2D eigenvalue weighted by molar-refractivity contribution is -0.134. The highest BCUT2D eigenvalue weighted by Crippen LogP contribution is 2.29. The van der Waals surface area contributed by atoms with Gasteiger partial charge in [-0.05, 0) is 47.9 Å². The fourth-order valence-corrected chi connectivity index (χ4v) is 4.16. The van der Waals surface area contributed by atoms with Gasteiger partial charge >= 0.3 is 5.97 Å². The summed E-state index contributed by atoms with van der Waals surface area (Å²) in [4.78, 5) is 29.8. The lowest BCUT2D eigenvalue weighted by atomic mass is 10.1. The molecule has 0 radical (unpaired) electrons. The quantitative estimate of drug-likeness (QED) is 0.318. The number of carboxylic acid groups (broad SMARTS) is 1. The lowest BCUT2D eigenvalue weighted by Gasteiger charge is -2.23. The molecule has 8 heteroatoms. The van der Waals surface area contributed by atoms with Crippen molar-refractivity contribution >= 4 is 34.4 Å². The Morgan fingerprint density at radius 3 is 2.66 bits per heavy atom. The standard InChI is InChI=1S/C27H25ClN2O5/c1-34-20-7-4-6-18(14-20)16-30(13-12-19-15-29-24-11-3-2-8-21(19)24)25(31)17-35-26-22(27(32)33)9-5-10-23(26)28/h2-11,14-15,29H,12-13,16-17H2,1H3,(H,32,33). The molecular formula is C27H25ClN2O5. The smallest absolute Gasteiger partial charge is 0.339 e. The Kier molecular flexibility index (Phi) is 7.57. The van der Waals surface area contributed by atoms with E-state index in [9.17, 15) is 14.7 Å². The molecule has 7 nitrogen and oxygen atoms in total. The fraction of sp³-hybridized carbons (Fsp3) is 0.185. The largest absolute Gasteiger partial charge is 0.497 e. The Balaban J connectivity index is 1.53. The number of carboxylic acids is 1. The van der Waals surface area contributed by atoms with E-state index in [0.29, 0.717) is 25.3 Å². The molecule has 4 aromatic rings. The van der Waals surface area contributed by atoms with Crippen molar-refractivity contribution in [1.29, 1.82) is 0 Å². The van der Waals surface area contributed by atoms with Crippen molar-refractivity contribution in [2.45, 2.75) is 13.0 Å². The molecule has 180 valence electrons. The highest BCUT2D eigenvalue weighted by molar-refractivity contribution is 6.32. The van der Waals surface area contributed by atoms with Crippen molar-refractivity contribution in [3.8, 4) is 11.5 Å². The van der Waals surface area contributed by atoms with Crippen LogP contribution in [0.5, 0.6) is 11.5 Å². The van der Waals surface area contributed by atoms with Gasteiger partial charge in [0.2, 0.25) is 0 Å². The number of aromatic amines is 1. The molecule has 0 atom stereocenters. The maximum atomic E-state index is 13.3. The van der Waals surface area contributed by atoms with Crippen LogP contribution in [0.1, 0.15) is 21.5 Å². The van der Waals surface area contributed by atoms with E-state index in [0.717, 1.165) is 22.0 Å². The van der Waals surface area contributed by atoms with Gasteiger partial charge in [-0.3, -0.25) is 4.79 Å². The Morgan fingerprint density at radius 1 is 1.06 bits per heavy atom. The first-order valence-corrected chi connectivity index (χ1v) is 11.4. The topological polar surface area (TPSA) is 91.9 Å². The number of fused-ring (bicyclic) bond motifs is 1. The summed E-state index contributed by atoms with van der Waals surface area (Å²) in [5.74, 6) is -0.788. The molecule has 4 rings (SSSR count). The molecule has 0 saturated heterocycles. The number of para-hydroxylation sites is 2. The number of nitrogens with one attached hydrogen (secondary N) is 1. The third-order valence-electron chi connectivity index (χ3n) is 5.72. The molecule has 1 aromatic heterocycles. The summed E-state index contributed by atoms with van der Waals surface area (Å²) in [5, 5.41) is 10.7. The first-order valence-electron chi connectivity index (χ1n) is 11.1. The zero-order valence-electron chi connectivity index (χ0n) is 19.2. The molecule has 0 saturated carbocycles. The minimum atomic E-state index is -1.18. The molecule has 0 aliphatic heterocycles. The van der Waals surface area contributed by atoms with E-state index in [1.165, 1.54) is 18.2 Å². The van der Waals surface area contributed by atoms with Gasteiger partial charge in [0.15, 0.2) is 12.4 Å².